The normalized spacial score (nSPS) is 14.9. The molecule has 2 N–H and O–H groups in total. The number of para-hydroxylation sites is 1. The molecule has 1 saturated heterocycles. The minimum absolute atomic E-state index is 0.164. The van der Waals surface area contributed by atoms with E-state index in [1.165, 1.54) is 13.5 Å². The number of carbonyl (C=O) groups excluding carboxylic acids is 2. The number of hydrogen-bond acceptors (Lipinski definition) is 6. The number of esters is 1. The zero-order chi connectivity index (χ0) is 23.8. The van der Waals surface area contributed by atoms with Crippen LogP contribution >= 0.6 is 0 Å². The van der Waals surface area contributed by atoms with Crippen molar-refractivity contribution in [1.82, 2.24) is 5.32 Å². The molecule has 1 heterocycles. The zero-order valence-corrected chi connectivity index (χ0v) is 19.1. The Kier molecular flexibility index (Phi) is 7.78. The molecule has 0 spiro atoms. The van der Waals surface area contributed by atoms with Gasteiger partial charge in [0.2, 0.25) is 5.91 Å². The van der Waals surface area contributed by atoms with Crippen LogP contribution in [-0.4, -0.2) is 38.2 Å². The van der Waals surface area contributed by atoms with Gasteiger partial charge in [0.25, 0.3) is 0 Å². The third-order valence-electron chi connectivity index (χ3n) is 5.57. The van der Waals surface area contributed by atoms with Gasteiger partial charge in [-0.15, -0.1) is 0 Å². The van der Waals surface area contributed by atoms with Crippen LogP contribution in [0.25, 0.3) is 0 Å². The first kappa shape index (κ1) is 23.3. The molecule has 3 aromatic carbocycles. The molecule has 1 amide bonds. The fourth-order valence-electron chi connectivity index (χ4n) is 3.77. The Morgan fingerprint density at radius 3 is 2.29 bits per heavy atom. The number of nitrogens with one attached hydrogen (secondary N) is 2. The topological polar surface area (TPSA) is 85.9 Å². The Morgan fingerprint density at radius 1 is 0.941 bits per heavy atom. The predicted octanol–water partition coefficient (Wildman–Crippen LogP) is 4.58. The van der Waals surface area contributed by atoms with E-state index in [-0.39, 0.29) is 12.3 Å². The van der Waals surface area contributed by atoms with Gasteiger partial charge < -0.3 is 24.8 Å². The SMILES string of the molecule is COC(=O)c1ccccc1NC(=O)Cc1ccc(Oc2ccc(OCC3CCCN3)cc2)cc1. The number of ether oxygens (including phenoxy) is 3. The van der Waals surface area contributed by atoms with Crippen molar-refractivity contribution in [3.05, 3.63) is 83.9 Å². The second-order valence-electron chi connectivity index (χ2n) is 8.08. The summed E-state index contributed by atoms with van der Waals surface area (Å²) < 4.78 is 16.5. The summed E-state index contributed by atoms with van der Waals surface area (Å²) in [6.07, 6.45) is 2.52. The maximum absolute atomic E-state index is 12.5. The highest BCUT2D eigenvalue weighted by Crippen LogP contribution is 2.25. The standard InChI is InChI=1S/C27H28N2O5/c1-32-27(31)24-6-2-3-7-25(24)29-26(30)17-19-8-10-22(11-9-19)34-23-14-12-21(13-15-23)33-18-20-5-4-16-28-20/h2-3,6-15,20,28H,4-5,16-18H2,1H3,(H,29,30). The lowest BCUT2D eigenvalue weighted by Gasteiger charge is -2.13. The van der Waals surface area contributed by atoms with Crippen molar-refractivity contribution < 1.29 is 23.8 Å². The number of rotatable bonds is 9. The molecule has 0 aliphatic carbocycles. The van der Waals surface area contributed by atoms with Crippen LogP contribution in [0.2, 0.25) is 0 Å². The van der Waals surface area contributed by atoms with Crippen molar-refractivity contribution in [2.75, 3.05) is 25.6 Å². The molecular weight excluding hydrogens is 432 g/mol. The Labute approximate surface area is 199 Å². The molecule has 7 heteroatoms. The summed E-state index contributed by atoms with van der Waals surface area (Å²) in [5, 5.41) is 6.19. The molecule has 34 heavy (non-hydrogen) atoms. The summed E-state index contributed by atoms with van der Waals surface area (Å²) in [6.45, 7) is 1.73. The Hall–Kier alpha value is -3.84. The van der Waals surface area contributed by atoms with Crippen LogP contribution in [0.3, 0.4) is 0 Å². The van der Waals surface area contributed by atoms with E-state index in [1.54, 1.807) is 24.3 Å². The molecule has 0 radical (unpaired) electrons. The van der Waals surface area contributed by atoms with Gasteiger partial charge in [-0.05, 0) is 73.5 Å². The molecule has 7 nitrogen and oxygen atoms in total. The molecule has 4 rings (SSSR count). The fourth-order valence-corrected chi connectivity index (χ4v) is 3.77. The molecule has 1 unspecified atom stereocenters. The van der Waals surface area contributed by atoms with Gasteiger partial charge in [-0.25, -0.2) is 4.79 Å². The molecule has 0 bridgehead atoms. The lowest BCUT2D eigenvalue weighted by atomic mass is 10.1. The molecule has 1 aliphatic heterocycles. The summed E-state index contributed by atoms with van der Waals surface area (Å²) >= 11 is 0. The van der Waals surface area contributed by atoms with Gasteiger partial charge in [0.05, 0.1) is 24.8 Å². The highest BCUT2D eigenvalue weighted by atomic mass is 16.5. The second kappa shape index (κ2) is 11.3. The van der Waals surface area contributed by atoms with E-state index in [0.717, 1.165) is 24.3 Å². The summed E-state index contributed by atoms with van der Waals surface area (Å²) in [5.41, 5.74) is 1.56. The van der Waals surface area contributed by atoms with Crippen molar-refractivity contribution in [3.63, 3.8) is 0 Å². The predicted molar refractivity (Wildman–Crippen MR) is 130 cm³/mol. The molecule has 0 saturated carbocycles. The number of carbonyl (C=O) groups is 2. The van der Waals surface area contributed by atoms with Gasteiger partial charge in [-0.3, -0.25) is 4.79 Å². The van der Waals surface area contributed by atoms with E-state index < -0.39 is 5.97 Å². The Balaban J connectivity index is 1.28. The summed E-state index contributed by atoms with van der Waals surface area (Å²) in [6, 6.07) is 22.0. The lowest BCUT2D eigenvalue weighted by Crippen LogP contribution is -2.28. The van der Waals surface area contributed by atoms with E-state index in [1.807, 2.05) is 48.5 Å². The number of benzene rings is 3. The molecule has 176 valence electrons. The number of amides is 1. The number of methoxy groups -OCH3 is 1. The van der Waals surface area contributed by atoms with Gasteiger partial charge in [0.1, 0.15) is 23.9 Å². The highest BCUT2D eigenvalue weighted by Gasteiger charge is 2.15. The third-order valence-corrected chi connectivity index (χ3v) is 5.57. The first-order valence-electron chi connectivity index (χ1n) is 11.3. The monoisotopic (exact) mass is 460 g/mol. The van der Waals surface area contributed by atoms with Crippen LogP contribution < -0.4 is 20.1 Å². The summed E-state index contributed by atoms with van der Waals surface area (Å²) in [5.74, 6) is 1.47. The second-order valence-corrected chi connectivity index (χ2v) is 8.08. The lowest BCUT2D eigenvalue weighted by molar-refractivity contribution is -0.115. The maximum Gasteiger partial charge on any atom is 0.339 e. The van der Waals surface area contributed by atoms with Gasteiger partial charge >= 0.3 is 5.97 Å². The van der Waals surface area contributed by atoms with Crippen LogP contribution in [0.15, 0.2) is 72.8 Å². The van der Waals surface area contributed by atoms with E-state index in [0.29, 0.717) is 35.4 Å². The molecule has 1 fully saturated rings. The zero-order valence-electron chi connectivity index (χ0n) is 19.1. The van der Waals surface area contributed by atoms with Gasteiger partial charge in [0.15, 0.2) is 0 Å². The van der Waals surface area contributed by atoms with Crippen molar-refractivity contribution in [2.45, 2.75) is 25.3 Å². The summed E-state index contributed by atoms with van der Waals surface area (Å²) in [7, 11) is 1.31. The van der Waals surface area contributed by atoms with E-state index in [2.05, 4.69) is 10.6 Å². The quantitative estimate of drug-likeness (QED) is 0.455. The van der Waals surface area contributed by atoms with Crippen molar-refractivity contribution in [1.29, 1.82) is 0 Å². The van der Waals surface area contributed by atoms with Crippen molar-refractivity contribution >= 4 is 17.6 Å². The largest absolute Gasteiger partial charge is 0.492 e. The van der Waals surface area contributed by atoms with Gasteiger partial charge in [-0.1, -0.05) is 24.3 Å². The smallest absolute Gasteiger partial charge is 0.339 e. The first-order chi connectivity index (χ1) is 16.6. The molecule has 1 aliphatic rings. The minimum Gasteiger partial charge on any atom is -0.492 e. The maximum atomic E-state index is 12.5. The van der Waals surface area contributed by atoms with E-state index >= 15 is 0 Å². The summed E-state index contributed by atoms with van der Waals surface area (Å²) in [4.78, 5) is 24.4. The van der Waals surface area contributed by atoms with E-state index in [4.69, 9.17) is 14.2 Å². The van der Waals surface area contributed by atoms with Crippen LogP contribution in [0, 0.1) is 0 Å². The Bertz CT molecular complexity index is 1110. The first-order valence-corrected chi connectivity index (χ1v) is 11.3. The highest BCUT2D eigenvalue weighted by molar-refractivity contribution is 6.01. The molecular formula is C27H28N2O5. The van der Waals surface area contributed by atoms with Gasteiger partial charge in [-0.2, -0.15) is 0 Å². The van der Waals surface area contributed by atoms with Crippen LogP contribution in [0.5, 0.6) is 17.2 Å². The molecule has 1 atom stereocenters. The number of anilines is 1. The average Bonchev–Trinajstić information content (AvgIpc) is 3.38. The van der Waals surface area contributed by atoms with Crippen molar-refractivity contribution in [2.24, 2.45) is 0 Å². The van der Waals surface area contributed by atoms with E-state index in [9.17, 15) is 9.59 Å². The van der Waals surface area contributed by atoms with Gasteiger partial charge in [0, 0.05) is 6.04 Å². The van der Waals surface area contributed by atoms with Crippen LogP contribution in [-0.2, 0) is 16.0 Å². The Morgan fingerprint density at radius 2 is 1.62 bits per heavy atom. The minimum atomic E-state index is -0.497. The molecule has 0 aromatic heterocycles. The number of hydrogen-bond donors (Lipinski definition) is 2. The fraction of sp³-hybridized carbons (Fsp3) is 0.259. The van der Waals surface area contributed by atoms with Crippen molar-refractivity contribution in [3.8, 4) is 17.2 Å². The van der Waals surface area contributed by atoms with Crippen LogP contribution in [0.1, 0.15) is 28.8 Å². The third kappa shape index (κ3) is 6.36. The average molecular weight is 461 g/mol. The molecule has 3 aromatic rings. The van der Waals surface area contributed by atoms with Crippen LogP contribution in [0.4, 0.5) is 5.69 Å².